The van der Waals surface area contributed by atoms with Crippen molar-refractivity contribution < 1.29 is 47.0 Å². The van der Waals surface area contributed by atoms with Gasteiger partial charge in [0.05, 0.1) is 35.7 Å². The van der Waals surface area contributed by atoms with E-state index >= 15 is 0 Å². The molecule has 2 aromatic carbocycles. The van der Waals surface area contributed by atoms with Gasteiger partial charge >= 0.3 is 18.1 Å². The summed E-state index contributed by atoms with van der Waals surface area (Å²) >= 11 is 0. The van der Waals surface area contributed by atoms with Gasteiger partial charge in [-0.1, -0.05) is 32.4 Å². The third-order valence-corrected chi connectivity index (χ3v) is 7.58. The number of methoxy groups -OCH3 is 1. The SMILES string of the molecule is COC(=O)C1=C(C(F)(F)F)NC(C)=C(C(=O)OCCCCCCNc2ccc(OCC(O)CNC(C)C)cc2)C1c1cccc([N+](=O)[O-])c1. The summed E-state index contributed by atoms with van der Waals surface area (Å²) in [6.07, 6.45) is -2.84. The number of non-ortho nitro benzene ring substituents is 1. The maximum Gasteiger partial charge on any atom is 0.431 e. The van der Waals surface area contributed by atoms with Crippen molar-refractivity contribution in [1.82, 2.24) is 10.6 Å². The van der Waals surface area contributed by atoms with Gasteiger partial charge in [-0.3, -0.25) is 10.1 Å². The van der Waals surface area contributed by atoms with E-state index < -0.39 is 52.0 Å². The Morgan fingerprint density at radius 3 is 2.37 bits per heavy atom. The highest BCUT2D eigenvalue weighted by molar-refractivity contribution is 6.00. The number of nitro groups is 1. The van der Waals surface area contributed by atoms with E-state index in [9.17, 15) is 38.0 Å². The average molecular weight is 693 g/mol. The monoisotopic (exact) mass is 692 g/mol. The quantitative estimate of drug-likeness (QED) is 0.0676. The summed E-state index contributed by atoms with van der Waals surface area (Å²) < 4.78 is 57.9. The van der Waals surface area contributed by atoms with Crippen molar-refractivity contribution in [3.63, 3.8) is 0 Å². The van der Waals surface area contributed by atoms with Crippen molar-refractivity contribution in [3.05, 3.63) is 86.7 Å². The number of unbranched alkanes of at least 4 members (excludes halogenated alkanes) is 3. The minimum Gasteiger partial charge on any atom is -0.491 e. The lowest BCUT2D eigenvalue weighted by Crippen LogP contribution is -2.38. The number of anilines is 1. The summed E-state index contributed by atoms with van der Waals surface area (Å²) in [7, 11) is 0.902. The molecule has 15 heteroatoms. The van der Waals surface area contributed by atoms with Gasteiger partial charge in [-0.15, -0.1) is 0 Å². The highest BCUT2D eigenvalue weighted by atomic mass is 19.4. The average Bonchev–Trinajstić information content (AvgIpc) is 3.06. The zero-order valence-corrected chi connectivity index (χ0v) is 27.9. The number of carbonyl (C=O) groups is 2. The van der Waals surface area contributed by atoms with Gasteiger partial charge in [-0.05, 0) is 56.0 Å². The number of hydrogen-bond donors (Lipinski definition) is 4. The Balaban J connectivity index is 1.53. The summed E-state index contributed by atoms with van der Waals surface area (Å²) in [5, 5.41) is 30.0. The number of hydrogen-bond acceptors (Lipinski definition) is 11. The molecule has 0 saturated heterocycles. The van der Waals surface area contributed by atoms with E-state index in [1.165, 1.54) is 19.1 Å². The fraction of sp³-hybridized carbons (Fsp3) is 0.471. The molecule has 49 heavy (non-hydrogen) atoms. The first-order valence-electron chi connectivity index (χ1n) is 15.9. The van der Waals surface area contributed by atoms with Crippen LogP contribution in [0.25, 0.3) is 0 Å². The van der Waals surface area contributed by atoms with Gasteiger partial charge in [-0.2, -0.15) is 13.2 Å². The van der Waals surface area contributed by atoms with E-state index in [1.807, 2.05) is 38.1 Å². The Morgan fingerprint density at radius 2 is 1.73 bits per heavy atom. The van der Waals surface area contributed by atoms with E-state index in [0.29, 0.717) is 31.7 Å². The smallest absolute Gasteiger partial charge is 0.431 e. The predicted molar refractivity (Wildman–Crippen MR) is 176 cm³/mol. The lowest BCUT2D eigenvalue weighted by atomic mass is 9.80. The number of allylic oxidation sites excluding steroid dienone is 2. The van der Waals surface area contributed by atoms with E-state index in [2.05, 4.69) is 20.7 Å². The molecular formula is C34H43F3N4O8. The van der Waals surface area contributed by atoms with Crippen LogP contribution in [0.3, 0.4) is 0 Å². The summed E-state index contributed by atoms with van der Waals surface area (Å²) in [6.45, 7) is 6.52. The number of ether oxygens (including phenoxy) is 3. The van der Waals surface area contributed by atoms with E-state index in [-0.39, 0.29) is 36.1 Å². The van der Waals surface area contributed by atoms with Crippen LogP contribution in [0, 0.1) is 10.1 Å². The Morgan fingerprint density at radius 1 is 1.04 bits per heavy atom. The molecule has 0 bridgehead atoms. The van der Waals surface area contributed by atoms with Gasteiger partial charge in [0.2, 0.25) is 0 Å². The maximum absolute atomic E-state index is 14.1. The molecule has 4 N–H and O–H groups in total. The van der Waals surface area contributed by atoms with Crippen molar-refractivity contribution in [1.29, 1.82) is 0 Å². The Kier molecular flexibility index (Phi) is 14.4. The number of nitrogens with one attached hydrogen (secondary N) is 3. The first-order valence-corrected chi connectivity index (χ1v) is 15.9. The molecule has 2 unspecified atom stereocenters. The number of dihydropyridines is 1. The minimum absolute atomic E-state index is 0.0300. The molecule has 0 radical (unpaired) electrons. The van der Waals surface area contributed by atoms with Gasteiger partial charge in [0.25, 0.3) is 5.69 Å². The highest BCUT2D eigenvalue weighted by Crippen LogP contribution is 2.44. The Hall–Kier alpha value is -4.63. The van der Waals surface area contributed by atoms with Crippen molar-refractivity contribution in [2.24, 2.45) is 0 Å². The fourth-order valence-electron chi connectivity index (χ4n) is 5.15. The first kappa shape index (κ1) is 38.8. The number of benzene rings is 2. The first-order chi connectivity index (χ1) is 23.2. The van der Waals surface area contributed by atoms with Crippen LogP contribution in [0.4, 0.5) is 24.5 Å². The van der Waals surface area contributed by atoms with Crippen LogP contribution >= 0.6 is 0 Å². The largest absolute Gasteiger partial charge is 0.491 e. The van der Waals surface area contributed by atoms with Crippen LogP contribution in [-0.4, -0.2) is 73.7 Å². The molecule has 1 heterocycles. The number of halogens is 3. The second-order valence-electron chi connectivity index (χ2n) is 11.8. The molecule has 0 saturated carbocycles. The van der Waals surface area contributed by atoms with Crippen molar-refractivity contribution in [2.75, 3.05) is 38.7 Å². The molecule has 1 aliphatic heterocycles. The Labute approximate surface area is 282 Å². The zero-order valence-electron chi connectivity index (χ0n) is 27.9. The summed E-state index contributed by atoms with van der Waals surface area (Å²) in [5.74, 6) is -3.30. The van der Waals surface area contributed by atoms with Crippen LogP contribution in [0.1, 0.15) is 57.9 Å². The van der Waals surface area contributed by atoms with Crippen LogP contribution in [0.5, 0.6) is 5.75 Å². The molecule has 0 spiro atoms. The number of alkyl halides is 3. The molecule has 3 rings (SSSR count). The third-order valence-electron chi connectivity index (χ3n) is 7.58. The number of esters is 2. The summed E-state index contributed by atoms with van der Waals surface area (Å²) in [4.78, 5) is 36.7. The standard InChI is InChI=1S/C34H43F3N4O8/c1-21(2)39-19-26(42)20-49-27-14-12-24(13-15-27)38-16-7-5-6-8-17-48-33(44)28-22(3)40-31(34(35,36)37)30(32(43)47-4)29(28)23-10-9-11-25(18-23)41(45)46/h9-15,18,21,26,29,38-40,42H,5-8,16-17,19-20H2,1-4H3. The molecule has 2 atom stereocenters. The normalized spacial score (nSPS) is 15.5. The lowest BCUT2D eigenvalue weighted by Gasteiger charge is -2.31. The van der Waals surface area contributed by atoms with Crippen molar-refractivity contribution in [2.45, 2.75) is 70.7 Å². The van der Waals surface area contributed by atoms with Crippen molar-refractivity contribution in [3.8, 4) is 5.75 Å². The van der Waals surface area contributed by atoms with Crippen molar-refractivity contribution >= 4 is 23.3 Å². The van der Waals surface area contributed by atoms with Crippen LogP contribution in [-0.2, 0) is 19.1 Å². The van der Waals surface area contributed by atoms with Gasteiger partial charge in [0, 0.05) is 42.6 Å². The van der Waals surface area contributed by atoms with E-state index in [1.54, 1.807) is 0 Å². The molecule has 0 amide bonds. The number of carbonyl (C=O) groups excluding carboxylic acids is 2. The molecule has 2 aromatic rings. The minimum atomic E-state index is -5.03. The second-order valence-corrected chi connectivity index (χ2v) is 11.8. The van der Waals surface area contributed by atoms with E-state index in [0.717, 1.165) is 37.8 Å². The number of rotatable bonds is 18. The lowest BCUT2D eigenvalue weighted by molar-refractivity contribution is -0.384. The molecular weight excluding hydrogens is 649 g/mol. The predicted octanol–water partition coefficient (Wildman–Crippen LogP) is 5.50. The molecule has 0 aliphatic carbocycles. The number of aliphatic hydroxyl groups is 1. The third kappa shape index (κ3) is 11.5. The highest BCUT2D eigenvalue weighted by Gasteiger charge is 2.47. The van der Waals surface area contributed by atoms with Crippen LogP contribution in [0.15, 0.2) is 71.1 Å². The fourth-order valence-corrected chi connectivity index (χ4v) is 5.15. The van der Waals surface area contributed by atoms with Gasteiger partial charge in [-0.25, -0.2) is 9.59 Å². The molecule has 268 valence electrons. The second kappa shape index (κ2) is 18.2. The van der Waals surface area contributed by atoms with Crippen LogP contribution < -0.4 is 20.7 Å². The molecule has 1 aliphatic rings. The van der Waals surface area contributed by atoms with E-state index in [4.69, 9.17) is 9.47 Å². The summed E-state index contributed by atoms with van der Waals surface area (Å²) in [5.41, 5.74) is -2.42. The number of nitro benzene ring substituents is 1. The van der Waals surface area contributed by atoms with Gasteiger partial charge < -0.3 is 35.3 Å². The summed E-state index contributed by atoms with van der Waals surface area (Å²) in [6, 6.07) is 12.4. The Bertz CT molecular complexity index is 1510. The molecule has 0 aromatic heterocycles. The maximum atomic E-state index is 14.1. The number of nitrogens with zero attached hydrogens (tertiary/aromatic N) is 1. The zero-order chi connectivity index (χ0) is 36.1. The topological polar surface area (TPSA) is 161 Å². The van der Waals surface area contributed by atoms with Gasteiger partial charge in [0.1, 0.15) is 24.2 Å². The van der Waals surface area contributed by atoms with Gasteiger partial charge in [0.15, 0.2) is 0 Å². The molecule has 0 fully saturated rings. The van der Waals surface area contributed by atoms with Crippen LogP contribution in [0.2, 0.25) is 0 Å². The molecule has 12 nitrogen and oxygen atoms in total. The number of aliphatic hydroxyl groups excluding tert-OH is 1.